The van der Waals surface area contributed by atoms with Crippen molar-refractivity contribution in [2.24, 2.45) is 0 Å². The highest BCUT2D eigenvalue weighted by molar-refractivity contribution is 8.00. The molecule has 0 aliphatic rings. The van der Waals surface area contributed by atoms with Gasteiger partial charge in [0.1, 0.15) is 5.82 Å². The Morgan fingerprint density at radius 1 is 1.05 bits per heavy atom. The third-order valence-electron chi connectivity index (χ3n) is 2.56. The quantitative estimate of drug-likeness (QED) is 0.735. The lowest BCUT2D eigenvalue weighted by atomic mass is 10.1. The molecule has 3 aromatic rings. The first-order valence-corrected chi connectivity index (χ1v) is 7.59. The molecule has 0 amide bonds. The van der Waals surface area contributed by atoms with Gasteiger partial charge in [0.05, 0.1) is 0 Å². The molecule has 2 heterocycles. The van der Waals surface area contributed by atoms with Crippen molar-refractivity contribution in [1.82, 2.24) is 19.6 Å². The summed E-state index contributed by atoms with van der Waals surface area (Å²) in [6.45, 7) is 5.95. The van der Waals surface area contributed by atoms with E-state index in [-0.39, 0.29) is 0 Å². The van der Waals surface area contributed by atoms with Gasteiger partial charge in [-0.1, -0.05) is 17.2 Å². The van der Waals surface area contributed by atoms with Gasteiger partial charge in [-0.2, -0.15) is 4.37 Å². The lowest BCUT2D eigenvalue weighted by Crippen LogP contribution is -1.82. The summed E-state index contributed by atoms with van der Waals surface area (Å²) >= 11 is 2.67. The van der Waals surface area contributed by atoms with E-state index in [0.29, 0.717) is 11.1 Å². The Balaban J connectivity index is 1.86. The predicted molar refractivity (Wildman–Crippen MR) is 78.0 cm³/mol. The number of hydrogen-bond donors (Lipinski definition) is 0. The molecular weight excluding hydrogens is 292 g/mol. The van der Waals surface area contributed by atoms with Crippen molar-refractivity contribution in [1.29, 1.82) is 0 Å². The number of benzene rings is 1. The first kappa shape index (κ1) is 13.3. The van der Waals surface area contributed by atoms with Gasteiger partial charge >= 0.3 is 0 Å². The van der Waals surface area contributed by atoms with Gasteiger partial charge in [0, 0.05) is 17.3 Å². The molecule has 5 nitrogen and oxygen atoms in total. The smallest absolute Gasteiger partial charge is 0.284 e. The highest BCUT2D eigenvalue weighted by atomic mass is 32.2. The van der Waals surface area contributed by atoms with Gasteiger partial charge in [-0.3, -0.25) is 0 Å². The van der Waals surface area contributed by atoms with Crippen molar-refractivity contribution in [2.45, 2.75) is 30.3 Å². The van der Waals surface area contributed by atoms with Crippen molar-refractivity contribution in [3.8, 4) is 11.5 Å². The maximum absolute atomic E-state index is 5.67. The molecule has 0 atom stereocenters. The van der Waals surface area contributed by atoms with Crippen molar-refractivity contribution >= 4 is 23.3 Å². The minimum Gasteiger partial charge on any atom is -0.411 e. The molecule has 2 aromatic heterocycles. The number of rotatable bonds is 3. The average Bonchev–Trinajstić information content (AvgIpc) is 2.98. The van der Waals surface area contributed by atoms with Crippen molar-refractivity contribution in [2.75, 3.05) is 0 Å². The molecule has 0 unspecified atom stereocenters. The molecule has 0 aliphatic heterocycles. The van der Waals surface area contributed by atoms with E-state index in [1.165, 1.54) is 34.4 Å². The summed E-state index contributed by atoms with van der Waals surface area (Å²) in [5.74, 6) is 1.28. The van der Waals surface area contributed by atoms with Crippen molar-refractivity contribution in [3.05, 3.63) is 35.2 Å². The number of nitrogens with zero attached hydrogens (tertiary/aromatic N) is 4. The van der Waals surface area contributed by atoms with E-state index in [0.717, 1.165) is 15.7 Å². The zero-order chi connectivity index (χ0) is 14.1. The molecule has 102 valence electrons. The van der Waals surface area contributed by atoms with Crippen LogP contribution >= 0.6 is 23.3 Å². The fraction of sp³-hybridized carbons (Fsp3) is 0.231. The van der Waals surface area contributed by atoms with Crippen molar-refractivity contribution in [3.63, 3.8) is 0 Å². The van der Waals surface area contributed by atoms with Crippen LogP contribution in [-0.4, -0.2) is 19.6 Å². The maximum atomic E-state index is 5.67. The summed E-state index contributed by atoms with van der Waals surface area (Å²) in [4.78, 5) is 4.26. The summed E-state index contributed by atoms with van der Waals surface area (Å²) in [6.07, 6.45) is 0. The molecule has 0 radical (unpaired) electrons. The molecule has 3 rings (SSSR count). The summed E-state index contributed by atoms with van der Waals surface area (Å²) in [6, 6.07) is 6.17. The van der Waals surface area contributed by atoms with Gasteiger partial charge in [-0.05, 0) is 44.4 Å². The molecular formula is C13H12N4OS2. The summed E-state index contributed by atoms with van der Waals surface area (Å²) < 4.78 is 10.6. The molecule has 0 spiro atoms. The fourth-order valence-corrected chi connectivity index (χ4v) is 3.29. The standard InChI is InChI=1S/C13H12N4OS2/c1-7-4-8(2)6-10(5-7)11-15-16-12(18-11)19-13-14-9(3)17-20-13/h4-6H,1-3H3. The average molecular weight is 304 g/mol. The van der Waals surface area contributed by atoms with Gasteiger partial charge in [0.25, 0.3) is 5.22 Å². The van der Waals surface area contributed by atoms with Crippen LogP contribution in [0.25, 0.3) is 11.5 Å². The zero-order valence-corrected chi connectivity index (χ0v) is 12.9. The van der Waals surface area contributed by atoms with E-state index in [9.17, 15) is 0 Å². The molecule has 0 N–H and O–H groups in total. The second-order valence-electron chi connectivity index (χ2n) is 4.46. The Labute approximate surface area is 124 Å². The van der Waals surface area contributed by atoms with Crippen LogP contribution in [0.5, 0.6) is 0 Å². The van der Waals surface area contributed by atoms with Crippen LogP contribution < -0.4 is 0 Å². The topological polar surface area (TPSA) is 64.7 Å². The van der Waals surface area contributed by atoms with Crippen LogP contribution in [0.3, 0.4) is 0 Å². The zero-order valence-electron chi connectivity index (χ0n) is 11.2. The first-order chi connectivity index (χ1) is 9.60. The minimum absolute atomic E-state index is 0.482. The van der Waals surface area contributed by atoms with Crippen LogP contribution in [0.15, 0.2) is 32.2 Å². The van der Waals surface area contributed by atoms with Crippen LogP contribution in [-0.2, 0) is 0 Å². The summed E-state index contributed by atoms with van der Waals surface area (Å²) in [7, 11) is 0. The van der Waals surface area contributed by atoms with Gasteiger partial charge in [-0.25, -0.2) is 4.98 Å². The Hall–Kier alpha value is -1.73. The lowest BCUT2D eigenvalue weighted by molar-refractivity contribution is 0.466. The van der Waals surface area contributed by atoms with E-state index in [4.69, 9.17) is 4.42 Å². The summed E-state index contributed by atoms with van der Waals surface area (Å²) in [5.41, 5.74) is 3.29. The first-order valence-electron chi connectivity index (χ1n) is 6.00. The lowest BCUT2D eigenvalue weighted by Gasteiger charge is -1.99. The Morgan fingerprint density at radius 3 is 2.45 bits per heavy atom. The van der Waals surface area contributed by atoms with E-state index in [1.54, 1.807) is 0 Å². The highest BCUT2D eigenvalue weighted by Crippen LogP contribution is 2.30. The second kappa shape index (κ2) is 5.34. The molecule has 7 heteroatoms. The predicted octanol–water partition coefficient (Wildman–Crippen LogP) is 3.66. The van der Waals surface area contributed by atoms with Crippen molar-refractivity contribution < 1.29 is 4.42 Å². The van der Waals surface area contributed by atoms with Gasteiger partial charge in [0.15, 0.2) is 4.34 Å². The number of aromatic nitrogens is 4. The normalized spacial score (nSPS) is 10.9. The number of aryl methyl sites for hydroxylation is 3. The van der Waals surface area contributed by atoms with Crippen LogP contribution in [0.4, 0.5) is 0 Å². The molecule has 20 heavy (non-hydrogen) atoms. The molecule has 0 bridgehead atoms. The Morgan fingerprint density at radius 2 is 1.80 bits per heavy atom. The van der Waals surface area contributed by atoms with E-state index in [1.807, 2.05) is 32.9 Å². The van der Waals surface area contributed by atoms with Crippen LogP contribution in [0.2, 0.25) is 0 Å². The third-order valence-corrected chi connectivity index (χ3v) is 4.24. The van der Waals surface area contributed by atoms with Gasteiger partial charge in [0.2, 0.25) is 5.89 Å². The molecule has 0 fully saturated rings. The largest absolute Gasteiger partial charge is 0.411 e. The van der Waals surface area contributed by atoms with Gasteiger partial charge < -0.3 is 4.42 Å². The monoisotopic (exact) mass is 304 g/mol. The second-order valence-corrected chi connectivity index (χ2v) is 6.41. The minimum atomic E-state index is 0.482. The van der Waals surface area contributed by atoms with Gasteiger partial charge in [-0.15, -0.1) is 10.2 Å². The molecule has 1 aromatic carbocycles. The molecule has 0 saturated heterocycles. The van der Waals surface area contributed by atoms with Crippen LogP contribution in [0, 0.1) is 20.8 Å². The van der Waals surface area contributed by atoms with E-state index < -0.39 is 0 Å². The fourth-order valence-electron chi connectivity index (χ4n) is 1.86. The molecule has 0 saturated carbocycles. The third kappa shape index (κ3) is 2.88. The highest BCUT2D eigenvalue weighted by Gasteiger charge is 2.12. The van der Waals surface area contributed by atoms with E-state index >= 15 is 0 Å². The Kier molecular flexibility index (Phi) is 3.54. The number of hydrogen-bond acceptors (Lipinski definition) is 7. The molecule has 0 aliphatic carbocycles. The Bertz CT molecular complexity index is 730. The SMILES string of the molecule is Cc1cc(C)cc(-c2nnc(Sc3nc(C)ns3)o2)c1. The van der Waals surface area contributed by atoms with E-state index in [2.05, 4.69) is 25.6 Å². The maximum Gasteiger partial charge on any atom is 0.284 e. The summed E-state index contributed by atoms with van der Waals surface area (Å²) in [5, 5.41) is 8.61. The van der Waals surface area contributed by atoms with Crippen LogP contribution in [0.1, 0.15) is 17.0 Å².